The van der Waals surface area contributed by atoms with Crippen LogP contribution in [0.15, 0.2) is 72.8 Å². The van der Waals surface area contributed by atoms with Crippen LogP contribution in [-0.4, -0.2) is 43.0 Å². The normalized spacial score (nSPS) is 13.9. The van der Waals surface area contributed by atoms with Crippen LogP contribution in [0.25, 0.3) is 0 Å². The molecule has 0 bridgehead atoms. The molecule has 4 rings (SSSR count). The van der Waals surface area contributed by atoms with E-state index in [9.17, 15) is 22.8 Å². The first-order valence-corrected chi connectivity index (χ1v) is 11.6. The Kier molecular flexibility index (Phi) is 7.47. The molecule has 1 aliphatic rings. The van der Waals surface area contributed by atoms with Crippen molar-refractivity contribution in [2.75, 3.05) is 41.7 Å². The molecule has 0 spiro atoms. The van der Waals surface area contributed by atoms with E-state index in [4.69, 9.17) is 0 Å². The quantitative estimate of drug-likeness (QED) is 0.487. The Morgan fingerprint density at radius 2 is 1.42 bits per heavy atom. The van der Waals surface area contributed by atoms with Gasteiger partial charge in [-0.3, -0.25) is 4.79 Å². The summed E-state index contributed by atoms with van der Waals surface area (Å²) in [6.07, 6.45) is -4.03. The first-order chi connectivity index (χ1) is 17.2. The molecule has 1 saturated heterocycles. The van der Waals surface area contributed by atoms with Crippen LogP contribution in [0.2, 0.25) is 0 Å². The molecule has 0 aromatic heterocycles. The summed E-state index contributed by atoms with van der Waals surface area (Å²) in [5, 5.41) is 5.19. The van der Waals surface area contributed by atoms with Crippen LogP contribution in [0.1, 0.15) is 16.7 Å². The van der Waals surface area contributed by atoms with Crippen molar-refractivity contribution < 1.29 is 22.8 Å². The molecule has 0 aliphatic carbocycles. The summed E-state index contributed by atoms with van der Waals surface area (Å²) in [7, 11) is 0. The molecule has 1 aliphatic heterocycles. The summed E-state index contributed by atoms with van der Waals surface area (Å²) in [5.74, 6) is 0.124. The Labute approximate surface area is 207 Å². The molecule has 188 valence electrons. The van der Waals surface area contributed by atoms with E-state index >= 15 is 0 Å². The zero-order valence-corrected chi connectivity index (χ0v) is 19.8. The second kappa shape index (κ2) is 10.7. The van der Waals surface area contributed by atoms with E-state index in [2.05, 4.69) is 15.5 Å². The molecule has 2 N–H and O–H groups in total. The summed E-state index contributed by atoms with van der Waals surface area (Å²) >= 11 is 0. The summed E-state index contributed by atoms with van der Waals surface area (Å²) in [6, 6.07) is 19.0. The van der Waals surface area contributed by atoms with Gasteiger partial charge in [0.1, 0.15) is 0 Å². The van der Waals surface area contributed by atoms with Gasteiger partial charge in [0.05, 0.1) is 12.0 Å². The number of alkyl halides is 3. The molecule has 36 heavy (non-hydrogen) atoms. The minimum atomic E-state index is -4.42. The number of anilines is 3. The highest BCUT2D eigenvalue weighted by Crippen LogP contribution is 2.30. The average molecular weight is 497 g/mol. The van der Waals surface area contributed by atoms with Gasteiger partial charge >= 0.3 is 12.2 Å². The SMILES string of the molecule is Cc1cccc(CC(=O)N2CCN(c3ccc(NC(=O)Nc4ccc(C(F)(F)F)cc4)cc3)CC2)c1. The number of halogens is 3. The van der Waals surface area contributed by atoms with Gasteiger partial charge in [0.2, 0.25) is 5.91 Å². The zero-order valence-electron chi connectivity index (χ0n) is 19.8. The van der Waals surface area contributed by atoms with Crippen molar-refractivity contribution in [2.45, 2.75) is 19.5 Å². The van der Waals surface area contributed by atoms with Gasteiger partial charge in [-0.25, -0.2) is 4.79 Å². The van der Waals surface area contributed by atoms with Crippen LogP contribution in [-0.2, 0) is 17.4 Å². The molecule has 1 heterocycles. The molecule has 0 unspecified atom stereocenters. The van der Waals surface area contributed by atoms with Crippen molar-refractivity contribution in [2.24, 2.45) is 0 Å². The standard InChI is InChI=1S/C27H27F3N4O2/c1-19-3-2-4-20(17-19)18-25(35)34-15-13-33(14-16-34)24-11-9-23(10-12-24)32-26(36)31-22-7-5-21(6-8-22)27(28,29)30/h2-12,17H,13-16,18H2,1H3,(H2,31,32,36). The number of amides is 3. The fraction of sp³-hybridized carbons (Fsp3) is 0.259. The number of rotatable bonds is 5. The zero-order chi connectivity index (χ0) is 25.7. The minimum Gasteiger partial charge on any atom is -0.368 e. The number of benzene rings is 3. The highest BCUT2D eigenvalue weighted by atomic mass is 19.4. The Balaban J connectivity index is 1.25. The predicted octanol–water partition coefficient (Wildman–Crippen LogP) is 5.55. The van der Waals surface area contributed by atoms with E-state index in [1.807, 2.05) is 48.2 Å². The Morgan fingerprint density at radius 3 is 1.97 bits per heavy atom. The van der Waals surface area contributed by atoms with Gasteiger partial charge in [0.15, 0.2) is 0 Å². The van der Waals surface area contributed by atoms with E-state index in [0.717, 1.165) is 28.9 Å². The second-order valence-electron chi connectivity index (χ2n) is 8.73. The average Bonchev–Trinajstić information content (AvgIpc) is 2.84. The largest absolute Gasteiger partial charge is 0.416 e. The second-order valence-corrected chi connectivity index (χ2v) is 8.73. The van der Waals surface area contributed by atoms with E-state index in [1.54, 1.807) is 12.1 Å². The summed E-state index contributed by atoms with van der Waals surface area (Å²) in [6.45, 7) is 4.71. The van der Waals surface area contributed by atoms with Gasteiger partial charge in [-0.2, -0.15) is 13.2 Å². The maximum absolute atomic E-state index is 12.7. The third kappa shape index (κ3) is 6.56. The maximum Gasteiger partial charge on any atom is 0.416 e. The molecule has 9 heteroatoms. The lowest BCUT2D eigenvalue weighted by atomic mass is 10.1. The number of urea groups is 1. The maximum atomic E-state index is 12.7. The van der Waals surface area contributed by atoms with Crippen molar-refractivity contribution in [3.05, 3.63) is 89.5 Å². The summed E-state index contributed by atoms with van der Waals surface area (Å²) in [4.78, 5) is 29.0. The van der Waals surface area contributed by atoms with E-state index < -0.39 is 17.8 Å². The van der Waals surface area contributed by atoms with Gasteiger partial charge < -0.3 is 20.4 Å². The van der Waals surface area contributed by atoms with Crippen molar-refractivity contribution in [3.63, 3.8) is 0 Å². The molecule has 3 aromatic carbocycles. The van der Waals surface area contributed by atoms with E-state index in [-0.39, 0.29) is 11.6 Å². The van der Waals surface area contributed by atoms with Crippen molar-refractivity contribution in [1.29, 1.82) is 0 Å². The fourth-order valence-corrected chi connectivity index (χ4v) is 4.11. The van der Waals surface area contributed by atoms with Crippen LogP contribution in [0.3, 0.4) is 0 Å². The van der Waals surface area contributed by atoms with E-state index in [1.165, 1.54) is 12.1 Å². The summed E-state index contributed by atoms with van der Waals surface area (Å²) < 4.78 is 38.0. The Bertz CT molecular complexity index is 1200. The molecular weight excluding hydrogens is 469 g/mol. The van der Waals surface area contributed by atoms with Crippen LogP contribution >= 0.6 is 0 Å². The number of nitrogens with one attached hydrogen (secondary N) is 2. The number of nitrogens with zero attached hydrogens (tertiary/aromatic N) is 2. The van der Waals surface area contributed by atoms with Crippen LogP contribution in [0.5, 0.6) is 0 Å². The third-order valence-corrected chi connectivity index (χ3v) is 6.03. The lowest BCUT2D eigenvalue weighted by Gasteiger charge is -2.36. The number of carbonyl (C=O) groups excluding carboxylic acids is 2. The molecule has 3 aromatic rings. The monoisotopic (exact) mass is 496 g/mol. The Morgan fingerprint density at radius 1 is 0.833 bits per heavy atom. The van der Waals surface area contributed by atoms with Crippen molar-refractivity contribution in [1.82, 2.24) is 4.90 Å². The third-order valence-electron chi connectivity index (χ3n) is 6.03. The number of aryl methyl sites for hydroxylation is 1. The highest BCUT2D eigenvalue weighted by Gasteiger charge is 2.30. The smallest absolute Gasteiger partial charge is 0.368 e. The highest BCUT2D eigenvalue weighted by molar-refractivity contribution is 5.99. The molecular formula is C27H27F3N4O2. The number of hydrogen-bond acceptors (Lipinski definition) is 3. The topological polar surface area (TPSA) is 64.7 Å². The number of carbonyl (C=O) groups is 2. The van der Waals surface area contributed by atoms with Crippen LogP contribution in [0.4, 0.5) is 35.0 Å². The van der Waals surface area contributed by atoms with Gasteiger partial charge in [-0.05, 0) is 61.0 Å². The summed E-state index contributed by atoms with van der Waals surface area (Å²) in [5.41, 5.74) is 3.17. The van der Waals surface area contributed by atoms with Crippen LogP contribution < -0.4 is 15.5 Å². The molecule has 1 fully saturated rings. The first-order valence-electron chi connectivity index (χ1n) is 11.6. The molecule has 0 radical (unpaired) electrons. The predicted molar refractivity (Wildman–Crippen MR) is 134 cm³/mol. The van der Waals surface area contributed by atoms with Crippen molar-refractivity contribution in [3.8, 4) is 0 Å². The van der Waals surface area contributed by atoms with Gasteiger partial charge in [0.25, 0.3) is 0 Å². The van der Waals surface area contributed by atoms with E-state index in [0.29, 0.717) is 38.3 Å². The minimum absolute atomic E-state index is 0.124. The number of piperazine rings is 1. The van der Waals surface area contributed by atoms with Crippen LogP contribution in [0, 0.1) is 6.92 Å². The molecule has 0 atom stereocenters. The van der Waals surface area contributed by atoms with Gasteiger partial charge in [-0.1, -0.05) is 29.8 Å². The first kappa shape index (κ1) is 25.1. The molecule has 6 nitrogen and oxygen atoms in total. The van der Waals surface area contributed by atoms with Gasteiger partial charge in [0, 0.05) is 43.2 Å². The van der Waals surface area contributed by atoms with Gasteiger partial charge in [-0.15, -0.1) is 0 Å². The lowest BCUT2D eigenvalue weighted by Crippen LogP contribution is -2.49. The molecule has 3 amide bonds. The number of hydrogen-bond donors (Lipinski definition) is 2. The Hall–Kier alpha value is -4.01. The van der Waals surface area contributed by atoms with Crippen molar-refractivity contribution >= 4 is 29.0 Å². The molecule has 0 saturated carbocycles. The fourth-order valence-electron chi connectivity index (χ4n) is 4.11. The lowest BCUT2D eigenvalue weighted by molar-refractivity contribution is -0.137.